The lowest BCUT2D eigenvalue weighted by atomic mass is 10.0. The smallest absolute Gasteiger partial charge is 0.360 e. The molecule has 0 aliphatic carbocycles. The summed E-state index contributed by atoms with van der Waals surface area (Å²) in [5.74, 6) is -1.48. The van der Waals surface area contributed by atoms with E-state index in [1.165, 1.54) is 18.6 Å². The number of carbonyl (C=O) groups is 1. The van der Waals surface area contributed by atoms with Gasteiger partial charge in [-0.3, -0.25) is 0 Å². The van der Waals surface area contributed by atoms with Gasteiger partial charge < -0.3 is 4.74 Å². The van der Waals surface area contributed by atoms with Gasteiger partial charge in [-0.25, -0.2) is 14.2 Å². The van der Waals surface area contributed by atoms with E-state index in [2.05, 4.69) is 25.4 Å². The highest BCUT2D eigenvalue weighted by molar-refractivity contribution is 5.89. The van der Waals surface area contributed by atoms with E-state index in [1.807, 2.05) is 32.1 Å². The van der Waals surface area contributed by atoms with Crippen LogP contribution < -0.4 is 0 Å². The molecule has 0 spiro atoms. The van der Waals surface area contributed by atoms with Gasteiger partial charge in [0.05, 0.1) is 5.69 Å². The Labute approximate surface area is 151 Å². The highest BCUT2D eigenvalue weighted by Crippen LogP contribution is 2.22. The highest BCUT2D eigenvalue weighted by Gasteiger charge is 2.23. The summed E-state index contributed by atoms with van der Waals surface area (Å²) in [5, 5.41) is 0. The fraction of sp³-hybridized carbons (Fsp3) is 0.429. The van der Waals surface area contributed by atoms with Crippen LogP contribution in [0, 0.1) is 5.82 Å². The molecule has 1 rings (SSSR count). The van der Waals surface area contributed by atoms with Crippen molar-refractivity contribution < 1.29 is 13.9 Å². The molecule has 3 nitrogen and oxygen atoms in total. The molecular formula is C21H30FNO2. The van der Waals surface area contributed by atoms with Crippen molar-refractivity contribution >= 4 is 11.5 Å². The third-order valence-electron chi connectivity index (χ3n) is 2.63. The first kappa shape index (κ1) is 22.8. The Morgan fingerprint density at radius 1 is 1.32 bits per heavy atom. The van der Waals surface area contributed by atoms with Crippen LogP contribution in [0.1, 0.15) is 71.1 Å². The van der Waals surface area contributed by atoms with E-state index >= 15 is 0 Å². The number of hydrogen-bond donors (Lipinski definition) is 0. The molecule has 0 saturated carbocycles. The SMILES string of the molecule is C=C(C)/C(=C\C=C/C)c1ccc(F)c(C(=O)OC(C)(C)C)n1.CCC. The molecule has 1 aromatic heterocycles. The zero-order valence-corrected chi connectivity index (χ0v) is 16.4. The van der Waals surface area contributed by atoms with Crippen molar-refractivity contribution in [3.8, 4) is 0 Å². The van der Waals surface area contributed by atoms with Gasteiger partial charge in [0.2, 0.25) is 0 Å². The Balaban J connectivity index is 0.00000178. The maximum Gasteiger partial charge on any atom is 0.360 e. The molecular weight excluding hydrogens is 317 g/mol. The molecule has 0 fully saturated rings. The van der Waals surface area contributed by atoms with Crippen LogP contribution in [-0.2, 0) is 4.74 Å². The monoisotopic (exact) mass is 347 g/mol. The first-order chi connectivity index (χ1) is 11.6. The Morgan fingerprint density at radius 2 is 1.88 bits per heavy atom. The zero-order chi connectivity index (χ0) is 19.6. The van der Waals surface area contributed by atoms with Gasteiger partial charge in [-0.2, -0.15) is 0 Å². The second-order valence-corrected chi connectivity index (χ2v) is 6.62. The third kappa shape index (κ3) is 8.43. The predicted octanol–water partition coefficient (Wildman–Crippen LogP) is 6.13. The number of esters is 1. The number of pyridine rings is 1. The highest BCUT2D eigenvalue weighted by atomic mass is 19.1. The third-order valence-corrected chi connectivity index (χ3v) is 2.63. The van der Waals surface area contributed by atoms with Gasteiger partial charge in [0.15, 0.2) is 11.5 Å². The molecule has 0 unspecified atom stereocenters. The van der Waals surface area contributed by atoms with Crippen molar-refractivity contribution in [2.24, 2.45) is 0 Å². The Morgan fingerprint density at radius 3 is 2.32 bits per heavy atom. The number of nitrogens with zero attached hydrogens (tertiary/aromatic N) is 1. The first-order valence-corrected chi connectivity index (χ1v) is 8.46. The van der Waals surface area contributed by atoms with Crippen molar-refractivity contribution in [2.75, 3.05) is 0 Å². The van der Waals surface area contributed by atoms with E-state index in [9.17, 15) is 9.18 Å². The summed E-state index contributed by atoms with van der Waals surface area (Å²) in [4.78, 5) is 16.2. The molecule has 25 heavy (non-hydrogen) atoms. The second-order valence-electron chi connectivity index (χ2n) is 6.62. The zero-order valence-electron chi connectivity index (χ0n) is 16.4. The normalized spacial score (nSPS) is 11.8. The maximum absolute atomic E-state index is 13.9. The van der Waals surface area contributed by atoms with Gasteiger partial charge in [-0.1, -0.05) is 45.1 Å². The summed E-state index contributed by atoms with van der Waals surface area (Å²) in [6.45, 7) is 17.0. The maximum atomic E-state index is 13.9. The summed E-state index contributed by atoms with van der Waals surface area (Å²) >= 11 is 0. The van der Waals surface area contributed by atoms with Gasteiger partial charge in [-0.05, 0) is 52.3 Å². The molecule has 0 atom stereocenters. The van der Waals surface area contributed by atoms with E-state index in [0.29, 0.717) is 5.69 Å². The Hall–Kier alpha value is -2.23. The lowest BCUT2D eigenvalue weighted by Gasteiger charge is -2.19. The van der Waals surface area contributed by atoms with Crippen LogP contribution in [0.4, 0.5) is 4.39 Å². The molecule has 1 heterocycles. The molecule has 138 valence electrons. The molecule has 0 amide bonds. The van der Waals surface area contributed by atoms with E-state index in [4.69, 9.17) is 4.74 Å². The van der Waals surface area contributed by atoms with Crippen molar-refractivity contribution in [2.45, 2.75) is 60.5 Å². The van der Waals surface area contributed by atoms with Crippen LogP contribution in [0.5, 0.6) is 0 Å². The van der Waals surface area contributed by atoms with Gasteiger partial charge >= 0.3 is 5.97 Å². The van der Waals surface area contributed by atoms with Gasteiger partial charge in [0.25, 0.3) is 0 Å². The minimum Gasteiger partial charge on any atom is -0.455 e. The molecule has 0 aliphatic rings. The Bertz CT molecular complexity index is 652. The van der Waals surface area contributed by atoms with Crippen LogP contribution in [-0.4, -0.2) is 16.6 Å². The summed E-state index contributed by atoms with van der Waals surface area (Å²) in [6.07, 6.45) is 6.77. The number of ether oxygens (including phenoxy) is 1. The predicted molar refractivity (Wildman–Crippen MR) is 103 cm³/mol. The minimum absolute atomic E-state index is 0.319. The molecule has 0 aliphatic heterocycles. The average Bonchev–Trinajstić information content (AvgIpc) is 2.47. The largest absolute Gasteiger partial charge is 0.455 e. The molecule has 0 saturated heterocycles. The topological polar surface area (TPSA) is 39.2 Å². The van der Waals surface area contributed by atoms with Crippen LogP contribution in [0.25, 0.3) is 5.57 Å². The summed E-state index contributed by atoms with van der Waals surface area (Å²) in [5.41, 5.74) is 0.960. The standard InChI is InChI=1S/C18H22FNO2.C3H8/c1-7-8-9-13(12(2)3)15-11-10-14(19)16(20-15)17(21)22-18(4,5)6;1-3-2/h7-11H,2H2,1,3-6H3;3H2,1-2H3/b8-7-,13-9+;. The fourth-order valence-electron chi connectivity index (χ4n) is 1.70. The van der Waals surface area contributed by atoms with Crippen LogP contribution in [0.2, 0.25) is 0 Å². The van der Waals surface area contributed by atoms with Crippen molar-refractivity contribution in [1.29, 1.82) is 0 Å². The van der Waals surface area contributed by atoms with Crippen LogP contribution >= 0.6 is 0 Å². The molecule has 4 heteroatoms. The number of aromatic nitrogens is 1. The van der Waals surface area contributed by atoms with E-state index < -0.39 is 17.4 Å². The number of allylic oxidation sites excluding steroid dienone is 5. The van der Waals surface area contributed by atoms with Crippen LogP contribution in [0.3, 0.4) is 0 Å². The average molecular weight is 347 g/mol. The van der Waals surface area contributed by atoms with Gasteiger partial charge in [-0.15, -0.1) is 0 Å². The van der Waals surface area contributed by atoms with Crippen molar-refractivity contribution in [3.63, 3.8) is 0 Å². The van der Waals surface area contributed by atoms with E-state index in [-0.39, 0.29) is 5.69 Å². The van der Waals surface area contributed by atoms with Gasteiger partial charge in [0.1, 0.15) is 5.60 Å². The molecule has 0 bridgehead atoms. The quantitative estimate of drug-likeness (QED) is 0.486. The molecule has 0 N–H and O–H groups in total. The van der Waals surface area contributed by atoms with E-state index in [0.717, 1.165) is 11.1 Å². The molecule has 1 aromatic rings. The van der Waals surface area contributed by atoms with Crippen molar-refractivity contribution in [3.05, 3.63) is 59.7 Å². The summed E-state index contributed by atoms with van der Waals surface area (Å²) < 4.78 is 19.1. The fourth-order valence-corrected chi connectivity index (χ4v) is 1.70. The lowest BCUT2D eigenvalue weighted by Crippen LogP contribution is -2.25. The van der Waals surface area contributed by atoms with E-state index in [1.54, 1.807) is 20.8 Å². The van der Waals surface area contributed by atoms with Crippen LogP contribution in [0.15, 0.2) is 42.5 Å². The molecule has 0 radical (unpaired) electrons. The number of halogens is 1. The Kier molecular flexibility index (Phi) is 9.65. The second kappa shape index (κ2) is 10.6. The summed E-state index contributed by atoms with van der Waals surface area (Å²) in [6, 6.07) is 2.74. The first-order valence-electron chi connectivity index (χ1n) is 8.46. The molecule has 0 aromatic carbocycles. The number of hydrogen-bond acceptors (Lipinski definition) is 3. The number of rotatable bonds is 4. The summed E-state index contributed by atoms with van der Waals surface area (Å²) in [7, 11) is 0. The van der Waals surface area contributed by atoms with Crippen molar-refractivity contribution in [1.82, 2.24) is 4.98 Å². The minimum atomic E-state index is -0.779. The lowest BCUT2D eigenvalue weighted by molar-refractivity contribution is 0.00574. The number of carbonyl (C=O) groups excluding carboxylic acids is 1. The van der Waals surface area contributed by atoms with Gasteiger partial charge in [0, 0.05) is 5.57 Å².